The average Bonchev–Trinajstić information content (AvgIpc) is 2.40. The molecule has 108 valence electrons. The van der Waals surface area contributed by atoms with Gasteiger partial charge in [-0.3, -0.25) is 0 Å². The summed E-state index contributed by atoms with van der Waals surface area (Å²) in [5, 5.41) is 0. The van der Waals surface area contributed by atoms with Crippen molar-refractivity contribution >= 4 is 0 Å². The molecule has 0 bridgehead atoms. The standard InChI is InChI=1S/C18H36/c1-6-9-10-11-12-13-14-15-16-17(4)18(5,7-2)8-3/h15-17H,6-14H2,1-5H3. The van der Waals surface area contributed by atoms with Gasteiger partial charge in [0, 0.05) is 0 Å². The number of hydrogen-bond donors (Lipinski definition) is 0. The van der Waals surface area contributed by atoms with Crippen LogP contribution in [0.2, 0.25) is 0 Å². The Morgan fingerprint density at radius 2 is 1.44 bits per heavy atom. The fourth-order valence-electron chi connectivity index (χ4n) is 2.47. The average molecular weight is 252 g/mol. The maximum absolute atomic E-state index is 2.46. The Morgan fingerprint density at radius 3 is 2.00 bits per heavy atom. The lowest BCUT2D eigenvalue weighted by Gasteiger charge is -2.32. The molecule has 1 atom stereocenters. The molecule has 0 aromatic rings. The van der Waals surface area contributed by atoms with Crippen LogP contribution in [0.3, 0.4) is 0 Å². The predicted octanol–water partition coefficient (Wildman–Crippen LogP) is 6.76. The summed E-state index contributed by atoms with van der Waals surface area (Å²) in [4.78, 5) is 0. The van der Waals surface area contributed by atoms with Crippen molar-refractivity contribution in [3.05, 3.63) is 12.2 Å². The van der Waals surface area contributed by atoms with Gasteiger partial charge in [0.05, 0.1) is 0 Å². The summed E-state index contributed by atoms with van der Waals surface area (Å²) in [6, 6.07) is 0. The first kappa shape index (κ1) is 17.7. The molecule has 0 spiro atoms. The van der Waals surface area contributed by atoms with Crippen LogP contribution in [0.4, 0.5) is 0 Å². The zero-order chi connectivity index (χ0) is 13.9. The molecule has 0 saturated carbocycles. The Bertz CT molecular complexity index is 198. The maximum atomic E-state index is 2.46. The molecule has 0 amide bonds. The van der Waals surface area contributed by atoms with Gasteiger partial charge in [-0.15, -0.1) is 0 Å². The Kier molecular flexibility index (Phi) is 10.5. The van der Waals surface area contributed by atoms with Crippen LogP contribution in [0, 0.1) is 11.3 Å². The number of rotatable bonds is 11. The first-order chi connectivity index (χ1) is 8.60. The van der Waals surface area contributed by atoms with Crippen molar-refractivity contribution in [1.82, 2.24) is 0 Å². The van der Waals surface area contributed by atoms with E-state index in [-0.39, 0.29) is 0 Å². The molecular weight excluding hydrogens is 216 g/mol. The topological polar surface area (TPSA) is 0 Å². The molecule has 0 heteroatoms. The maximum Gasteiger partial charge on any atom is -0.0208 e. The van der Waals surface area contributed by atoms with Gasteiger partial charge in [-0.1, -0.05) is 91.7 Å². The summed E-state index contributed by atoms with van der Waals surface area (Å²) in [7, 11) is 0. The van der Waals surface area contributed by atoms with Crippen LogP contribution >= 0.6 is 0 Å². The van der Waals surface area contributed by atoms with E-state index in [1.165, 1.54) is 57.8 Å². The van der Waals surface area contributed by atoms with E-state index < -0.39 is 0 Å². The summed E-state index contributed by atoms with van der Waals surface area (Å²) >= 11 is 0. The minimum atomic E-state index is 0.498. The molecule has 0 aromatic carbocycles. The van der Waals surface area contributed by atoms with Gasteiger partial charge in [0.25, 0.3) is 0 Å². The van der Waals surface area contributed by atoms with Gasteiger partial charge in [-0.05, 0) is 24.2 Å². The lowest BCUT2D eigenvalue weighted by molar-refractivity contribution is 0.222. The van der Waals surface area contributed by atoms with Gasteiger partial charge in [0.1, 0.15) is 0 Å². The van der Waals surface area contributed by atoms with Crippen LogP contribution < -0.4 is 0 Å². The van der Waals surface area contributed by atoms with Gasteiger partial charge in [-0.2, -0.15) is 0 Å². The van der Waals surface area contributed by atoms with E-state index in [9.17, 15) is 0 Å². The van der Waals surface area contributed by atoms with Crippen molar-refractivity contribution < 1.29 is 0 Å². The summed E-state index contributed by atoms with van der Waals surface area (Å²) < 4.78 is 0. The van der Waals surface area contributed by atoms with Gasteiger partial charge in [0.15, 0.2) is 0 Å². The summed E-state index contributed by atoms with van der Waals surface area (Å²) in [6.45, 7) is 11.7. The zero-order valence-corrected chi connectivity index (χ0v) is 13.6. The lowest BCUT2D eigenvalue weighted by Crippen LogP contribution is -2.22. The van der Waals surface area contributed by atoms with Crippen molar-refractivity contribution in [1.29, 1.82) is 0 Å². The molecule has 0 aliphatic rings. The molecule has 0 radical (unpaired) electrons. The third-order valence-electron chi connectivity index (χ3n) is 4.86. The van der Waals surface area contributed by atoms with Crippen molar-refractivity contribution in [2.45, 2.75) is 92.4 Å². The van der Waals surface area contributed by atoms with Crippen molar-refractivity contribution in [2.24, 2.45) is 11.3 Å². The van der Waals surface area contributed by atoms with E-state index in [4.69, 9.17) is 0 Å². The molecular formula is C18H36. The van der Waals surface area contributed by atoms with E-state index in [0.717, 1.165) is 0 Å². The molecule has 0 heterocycles. The number of hydrogen-bond acceptors (Lipinski definition) is 0. The van der Waals surface area contributed by atoms with Gasteiger partial charge >= 0.3 is 0 Å². The van der Waals surface area contributed by atoms with Crippen LogP contribution in [-0.4, -0.2) is 0 Å². The van der Waals surface area contributed by atoms with Gasteiger partial charge in [-0.25, -0.2) is 0 Å². The minimum absolute atomic E-state index is 0.498. The zero-order valence-electron chi connectivity index (χ0n) is 13.6. The quantitative estimate of drug-likeness (QED) is 0.281. The molecule has 0 nitrogen and oxygen atoms in total. The summed E-state index contributed by atoms with van der Waals surface area (Å²) in [6.07, 6.45) is 17.1. The molecule has 0 fully saturated rings. The second-order valence-corrected chi connectivity index (χ2v) is 6.13. The van der Waals surface area contributed by atoms with Gasteiger partial charge in [0.2, 0.25) is 0 Å². The highest BCUT2D eigenvalue weighted by Gasteiger charge is 2.24. The molecule has 0 aliphatic heterocycles. The Balaban J connectivity index is 3.69. The predicted molar refractivity (Wildman–Crippen MR) is 85.0 cm³/mol. The van der Waals surface area contributed by atoms with E-state index in [1.54, 1.807) is 0 Å². The Hall–Kier alpha value is -0.260. The van der Waals surface area contributed by atoms with E-state index in [2.05, 4.69) is 46.8 Å². The van der Waals surface area contributed by atoms with Crippen molar-refractivity contribution in [3.8, 4) is 0 Å². The van der Waals surface area contributed by atoms with E-state index in [1.807, 2.05) is 0 Å². The fraction of sp³-hybridized carbons (Fsp3) is 0.889. The molecule has 0 N–H and O–H groups in total. The summed E-state index contributed by atoms with van der Waals surface area (Å²) in [5.74, 6) is 0.715. The second-order valence-electron chi connectivity index (χ2n) is 6.13. The third-order valence-corrected chi connectivity index (χ3v) is 4.86. The Morgan fingerprint density at radius 1 is 0.889 bits per heavy atom. The minimum Gasteiger partial charge on any atom is -0.0882 e. The highest BCUT2D eigenvalue weighted by atomic mass is 14.3. The van der Waals surface area contributed by atoms with Crippen LogP contribution in [0.5, 0.6) is 0 Å². The molecule has 0 rings (SSSR count). The van der Waals surface area contributed by atoms with Crippen LogP contribution in [0.1, 0.15) is 92.4 Å². The smallest absolute Gasteiger partial charge is 0.0208 e. The first-order valence-electron chi connectivity index (χ1n) is 8.27. The van der Waals surface area contributed by atoms with E-state index in [0.29, 0.717) is 11.3 Å². The Labute approximate surface area is 116 Å². The van der Waals surface area contributed by atoms with E-state index >= 15 is 0 Å². The van der Waals surface area contributed by atoms with Crippen LogP contribution in [-0.2, 0) is 0 Å². The highest BCUT2D eigenvalue weighted by molar-refractivity contribution is 4.94. The molecule has 1 unspecified atom stereocenters. The monoisotopic (exact) mass is 252 g/mol. The van der Waals surface area contributed by atoms with Crippen molar-refractivity contribution in [2.75, 3.05) is 0 Å². The lowest BCUT2D eigenvalue weighted by atomic mass is 9.74. The first-order valence-corrected chi connectivity index (χ1v) is 8.27. The summed E-state index contributed by atoms with van der Waals surface area (Å²) in [5.41, 5.74) is 0.498. The molecule has 0 aromatic heterocycles. The molecule has 0 aliphatic carbocycles. The van der Waals surface area contributed by atoms with Crippen LogP contribution in [0.15, 0.2) is 12.2 Å². The van der Waals surface area contributed by atoms with Gasteiger partial charge < -0.3 is 0 Å². The van der Waals surface area contributed by atoms with Crippen molar-refractivity contribution in [3.63, 3.8) is 0 Å². The molecule has 18 heavy (non-hydrogen) atoms. The van der Waals surface area contributed by atoms with Crippen LogP contribution in [0.25, 0.3) is 0 Å². The molecule has 0 saturated heterocycles. The third kappa shape index (κ3) is 7.24. The largest absolute Gasteiger partial charge is 0.0882 e. The number of allylic oxidation sites excluding steroid dienone is 2. The number of unbranched alkanes of at least 4 members (excludes halogenated alkanes) is 6. The highest BCUT2D eigenvalue weighted by Crippen LogP contribution is 2.35. The second kappa shape index (κ2) is 10.6. The normalized spacial score (nSPS) is 14.3. The fourth-order valence-corrected chi connectivity index (χ4v) is 2.47. The SMILES string of the molecule is CCCCCCCCC=CC(C)C(C)(CC)CC.